The molecule has 0 bridgehead atoms. The first kappa shape index (κ1) is 10.8. The lowest BCUT2D eigenvalue weighted by molar-refractivity contribution is 0.338. The highest BCUT2D eigenvalue weighted by atomic mass is 16.5. The Labute approximate surface area is 103 Å². The lowest BCUT2D eigenvalue weighted by Gasteiger charge is -2.08. The van der Waals surface area contributed by atoms with Crippen molar-refractivity contribution in [3.63, 3.8) is 0 Å². The van der Waals surface area contributed by atoms with Gasteiger partial charge in [-0.2, -0.15) is 4.98 Å². The van der Waals surface area contributed by atoms with Crippen LogP contribution in [0, 0.1) is 6.92 Å². The summed E-state index contributed by atoms with van der Waals surface area (Å²) in [7, 11) is 0. The Morgan fingerprint density at radius 2 is 2.22 bits per heavy atom. The molecule has 3 rings (SSSR count). The first-order valence-electron chi connectivity index (χ1n) is 5.68. The molecule has 0 saturated carbocycles. The molecule has 1 aliphatic heterocycles. The van der Waals surface area contributed by atoms with E-state index in [2.05, 4.69) is 9.97 Å². The standard InChI is InChI=1S/C13H12N2O3/c1-7-12(16)14-11(15-13(7)17)9-6-18-10-5-3-2-4-8(9)10/h2-5,9H,6H2,1H3,(H2,14,15,16,17). The zero-order valence-electron chi connectivity index (χ0n) is 9.80. The van der Waals surface area contributed by atoms with Crippen LogP contribution in [-0.4, -0.2) is 21.7 Å². The van der Waals surface area contributed by atoms with Crippen molar-refractivity contribution < 1.29 is 9.84 Å². The van der Waals surface area contributed by atoms with E-state index in [1.165, 1.54) is 6.92 Å². The number of nitrogens with zero attached hydrogens (tertiary/aromatic N) is 1. The number of fused-ring (bicyclic) bond motifs is 1. The molecule has 1 aliphatic rings. The second-order valence-corrected chi connectivity index (χ2v) is 4.30. The van der Waals surface area contributed by atoms with Crippen LogP contribution in [0.4, 0.5) is 0 Å². The molecule has 0 saturated heterocycles. The minimum atomic E-state index is -0.318. The molecule has 2 aromatic rings. The monoisotopic (exact) mass is 244 g/mol. The summed E-state index contributed by atoms with van der Waals surface area (Å²) in [6.07, 6.45) is 0. The number of aromatic amines is 1. The van der Waals surface area contributed by atoms with E-state index in [1.54, 1.807) is 0 Å². The summed E-state index contributed by atoms with van der Waals surface area (Å²) < 4.78 is 5.53. The maximum Gasteiger partial charge on any atom is 0.257 e. The van der Waals surface area contributed by atoms with Crippen LogP contribution in [0.3, 0.4) is 0 Å². The van der Waals surface area contributed by atoms with Crippen LogP contribution in [-0.2, 0) is 0 Å². The fraction of sp³-hybridized carbons (Fsp3) is 0.231. The van der Waals surface area contributed by atoms with E-state index >= 15 is 0 Å². The first-order chi connectivity index (χ1) is 8.66. The van der Waals surface area contributed by atoms with Gasteiger partial charge in [-0.05, 0) is 13.0 Å². The van der Waals surface area contributed by atoms with Crippen molar-refractivity contribution in [3.05, 3.63) is 51.6 Å². The molecule has 1 aromatic carbocycles. The van der Waals surface area contributed by atoms with Gasteiger partial charge in [-0.25, -0.2) is 0 Å². The molecule has 1 aromatic heterocycles. The van der Waals surface area contributed by atoms with E-state index in [4.69, 9.17) is 4.74 Å². The highest BCUT2D eigenvalue weighted by molar-refractivity contribution is 5.43. The second kappa shape index (κ2) is 3.87. The SMILES string of the molecule is Cc1c(O)nc(C2COc3ccccc32)[nH]c1=O. The molecule has 1 unspecified atom stereocenters. The molecule has 5 heteroatoms. The molecular formula is C13H12N2O3. The van der Waals surface area contributed by atoms with Crippen LogP contribution in [0.5, 0.6) is 11.6 Å². The van der Waals surface area contributed by atoms with Crippen molar-refractivity contribution >= 4 is 0 Å². The van der Waals surface area contributed by atoms with Crippen LogP contribution in [0.15, 0.2) is 29.1 Å². The third-order valence-electron chi connectivity index (χ3n) is 3.17. The molecule has 92 valence electrons. The predicted molar refractivity (Wildman–Crippen MR) is 65.0 cm³/mol. The number of ether oxygens (including phenoxy) is 1. The molecule has 2 N–H and O–H groups in total. The van der Waals surface area contributed by atoms with Gasteiger partial charge in [-0.1, -0.05) is 18.2 Å². The van der Waals surface area contributed by atoms with E-state index in [0.717, 1.165) is 11.3 Å². The molecule has 0 radical (unpaired) electrons. The fourth-order valence-electron chi connectivity index (χ4n) is 2.09. The Bertz CT molecular complexity index is 664. The van der Waals surface area contributed by atoms with Crippen molar-refractivity contribution in [2.75, 3.05) is 6.61 Å². The van der Waals surface area contributed by atoms with Gasteiger partial charge in [0.25, 0.3) is 5.56 Å². The van der Waals surface area contributed by atoms with Gasteiger partial charge in [-0.3, -0.25) is 4.79 Å². The largest absolute Gasteiger partial charge is 0.493 e. The Kier molecular flexibility index (Phi) is 2.33. The van der Waals surface area contributed by atoms with Crippen molar-refractivity contribution in [2.24, 2.45) is 0 Å². The van der Waals surface area contributed by atoms with Crippen LogP contribution < -0.4 is 10.3 Å². The minimum absolute atomic E-state index is 0.139. The van der Waals surface area contributed by atoms with Gasteiger partial charge in [0.2, 0.25) is 5.88 Å². The summed E-state index contributed by atoms with van der Waals surface area (Å²) in [6, 6.07) is 7.61. The molecule has 0 aliphatic carbocycles. The minimum Gasteiger partial charge on any atom is -0.493 e. The molecule has 0 amide bonds. The maximum atomic E-state index is 11.6. The number of hydrogen-bond acceptors (Lipinski definition) is 4. The quantitative estimate of drug-likeness (QED) is 0.793. The van der Waals surface area contributed by atoms with Gasteiger partial charge in [-0.15, -0.1) is 0 Å². The zero-order valence-corrected chi connectivity index (χ0v) is 9.80. The van der Waals surface area contributed by atoms with Crippen molar-refractivity contribution in [1.29, 1.82) is 0 Å². The highest BCUT2D eigenvalue weighted by Crippen LogP contribution is 2.36. The first-order valence-corrected chi connectivity index (χ1v) is 5.68. The number of hydrogen-bond donors (Lipinski definition) is 2. The van der Waals surface area contributed by atoms with E-state index in [9.17, 15) is 9.90 Å². The van der Waals surface area contributed by atoms with Crippen LogP contribution in [0.25, 0.3) is 0 Å². The summed E-state index contributed by atoms with van der Waals surface area (Å²) in [5.41, 5.74) is 0.886. The van der Waals surface area contributed by atoms with Gasteiger partial charge in [0, 0.05) is 5.56 Å². The van der Waals surface area contributed by atoms with Crippen molar-refractivity contribution in [3.8, 4) is 11.6 Å². The lowest BCUT2D eigenvalue weighted by atomic mass is 10.0. The normalized spacial score (nSPS) is 17.3. The molecule has 2 heterocycles. The summed E-state index contributed by atoms with van der Waals surface area (Å²) in [6.45, 7) is 1.95. The highest BCUT2D eigenvalue weighted by Gasteiger charge is 2.27. The Balaban J connectivity index is 2.11. The number of aromatic nitrogens is 2. The lowest BCUT2D eigenvalue weighted by Crippen LogP contribution is -2.18. The van der Waals surface area contributed by atoms with Crippen molar-refractivity contribution in [1.82, 2.24) is 9.97 Å². The average Bonchev–Trinajstić information content (AvgIpc) is 2.79. The number of aromatic hydroxyl groups is 1. The molecule has 1 atom stereocenters. The number of nitrogens with one attached hydrogen (secondary N) is 1. The maximum absolute atomic E-state index is 11.6. The van der Waals surface area contributed by atoms with Gasteiger partial charge in [0.05, 0.1) is 11.5 Å². The number of benzene rings is 1. The number of rotatable bonds is 1. The van der Waals surface area contributed by atoms with Crippen LogP contribution in [0.2, 0.25) is 0 Å². The fourth-order valence-corrected chi connectivity index (χ4v) is 2.09. The van der Waals surface area contributed by atoms with Gasteiger partial charge in [0.1, 0.15) is 18.2 Å². The van der Waals surface area contributed by atoms with Gasteiger partial charge < -0.3 is 14.8 Å². The van der Waals surface area contributed by atoms with E-state index in [-0.39, 0.29) is 22.9 Å². The predicted octanol–water partition coefficient (Wildman–Crippen LogP) is 1.31. The Morgan fingerprint density at radius 1 is 1.44 bits per heavy atom. The van der Waals surface area contributed by atoms with Crippen LogP contribution in [0.1, 0.15) is 22.9 Å². The number of para-hydroxylation sites is 1. The molecule has 0 spiro atoms. The van der Waals surface area contributed by atoms with Crippen LogP contribution >= 0.6 is 0 Å². The number of H-pyrrole nitrogens is 1. The summed E-state index contributed by atoms with van der Waals surface area (Å²) in [5, 5.41) is 9.62. The molecule has 5 nitrogen and oxygen atoms in total. The van der Waals surface area contributed by atoms with E-state index in [1.807, 2.05) is 24.3 Å². The van der Waals surface area contributed by atoms with E-state index < -0.39 is 0 Å². The second-order valence-electron chi connectivity index (χ2n) is 4.30. The smallest absolute Gasteiger partial charge is 0.257 e. The summed E-state index contributed by atoms with van der Waals surface area (Å²) in [4.78, 5) is 18.4. The van der Waals surface area contributed by atoms with Gasteiger partial charge in [0.15, 0.2) is 0 Å². The molecular weight excluding hydrogens is 232 g/mol. The third-order valence-corrected chi connectivity index (χ3v) is 3.17. The van der Waals surface area contributed by atoms with E-state index in [0.29, 0.717) is 12.4 Å². The topological polar surface area (TPSA) is 75.2 Å². The molecule has 18 heavy (non-hydrogen) atoms. The van der Waals surface area contributed by atoms with Crippen molar-refractivity contribution in [2.45, 2.75) is 12.8 Å². The summed E-state index contributed by atoms with van der Waals surface area (Å²) in [5.74, 6) is 0.872. The molecule has 0 fully saturated rings. The Morgan fingerprint density at radius 3 is 3.00 bits per heavy atom. The zero-order chi connectivity index (χ0) is 12.7. The average molecular weight is 244 g/mol. The van der Waals surface area contributed by atoms with Gasteiger partial charge >= 0.3 is 0 Å². The Hall–Kier alpha value is -2.30. The third kappa shape index (κ3) is 1.55. The summed E-state index contributed by atoms with van der Waals surface area (Å²) >= 11 is 0.